The molecule has 0 saturated heterocycles. The van der Waals surface area contributed by atoms with Gasteiger partial charge in [-0.05, 0) is 37.6 Å². The molecule has 1 atom stereocenters. The van der Waals surface area contributed by atoms with Crippen LogP contribution in [0.25, 0.3) is 0 Å². The highest BCUT2D eigenvalue weighted by molar-refractivity contribution is 8.00. The van der Waals surface area contributed by atoms with E-state index in [0.29, 0.717) is 28.2 Å². The Balaban J connectivity index is 1.31. The topological polar surface area (TPSA) is 98.4 Å². The standard InChI is InChI=1S/C20H20N4O4S/c1-12-5-3-4-6-15(12)26-10-18-22-20(24-23-18)29-13(2)19(25)21-14-7-8-16-17(9-14)28-11-27-16/h3-9,13H,10-11H2,1-2H3,(H,21,25)(H,22,23,24)/t13-/m0/s1. The summed E-state index contributed by atoms with van der Waals surface area (Å²) in [5.41, 5.74) is 1.70. The van der Waals surface area contributed by atoms with Crippen LogP contribution in [-0.4, -0.2) is 33.1 Å². The first-order chi connectivity index (χ1) is 14.1. The van der Waals surface area contributed by atoms with Gasteiger partial charge in [-0.2, -0.15) is 0 Å². The fraction of sp³-hybridized carbons (Fsp3) is 0.250. The number of nitrogens with one attached hydrogen (secondary N) is 2. The van der Waals surface area contributed by atoms with Crippen molar-refractivity contribution in [1.29, 1.82) is 0 Å². The lowest BCUT2D eigenvalue weighted by Crippen LogP contribution is -2.22. The molecule has 8 nitrogen and oxygen atoms in total. The number of para-hydroxylation sites is 1. The molecule has 1 amide bonds. The molecule has 9 heteroatoms. The number of H-pyrrole nitrogens is 1. The highest BCUT2D eigenvalue weighted by Gasteiger charge is 2.19. The number of aromatic amines is 1. The van der Waals surface area contributed by atoms with Gasteiger partial charge in [0.05, 0.1) is 5.25 Å². The van der Waals surface area contributed by atoms with Crippen molar-refractivity contribution in [3.8, 4) is 17.2 Å². The summed E-state index contributed by atoms with van der Waals surface area (Å²) < 4.78 is 16.4. The SMILES string of the molecule is Cc1ccccc1OCc1nc(S[C@@H](C)C(=O)Nc2ccc3c(c2)OCO3)n[nH]1. The quantitative estimate of drug-likeness (QED) is 0.573. The average Bonchev–Trinajstić information content (AvgIpc) is 3.36. The number of carbonyl (C=O) groups excluding carboxylic acids is 1. The lowest BCUT2D eigenvalue weighted by molar-refractivity contribution is -0.115. The van der Waals surface area contributed by atoms with Crippen LogP contribution < -0.4 is 19.5 Å². The molecule has 0 spiro atoms. The molecular weight excluding hydrogens is 392 g/mol. The van der Waals surface area contributed by atoms with Gasteiger partial charge in [-0.3, -0.25) is 9.89 Å². The molecule has 1 aromatic heterocycles. The number of benzene rings is 2. The van der Waals surface area contributed by atoms with Crippen molar-refractivity contribution in [2.24, 2.45) is 0 Å². The van der Waals surface area contributed by atoms with Crippen LogP contribution in [0.5, 0.6) is 17.2 Å². The number of thioether (sulfide) groups is 1. The molecule has 0 aliphatic carbocycles. The van der Waals surface area contributed by atoms with Crippen LogP contribution in [0.1, 0.15) is 18.3 Å². The molecule has 0 saturated carbocycles. The predicted molar refractivity (Wildman–Crippen MR) is 108 cm³/mol. The minimum absolute atomic E-state index is 0.156. The summed E-state index contributed by atoms with van der Waals surface area (Å²) in [6, 6.07) is 13.1. The Bertz CT molecular complexity index is 1020. The van der Waals surface area contributed by atoms with E-state index in [-0.39, 0.29) is 24.6 Å². The summed E-state index contributed by atoms with van der Waals surface area (Å²) in [6.07, 6.45) is 0. The molecular formula is C20H20N4O4S. The molecule has 0 radical (unpaired) electrons. The number of carbonyl (C=O) groups is 1. The highest BCUT2D eigenvalue weighted by atomic mass is 32.2. The molecule has 0 unspecified atom stereocenters. The summed E-state index contributed by atoms with van der Waals surface area (Å²) in [4.78, 5) is 16.9. The summed E-state index contributed by atoms with van der Waals surface area (Å²) in [5, 5.41) is 9.97. The van der Waals surface area contributed by atoms with Gasteiger partial charge in [0, 0.05) is 11.8 Å². The van der Waals surface area contributed by atoms with Crippen molar-refractivity contribution >= 4 is 23.4 Å². The molecule has 1 aliphatic rings. The Morgan fingerprint density at radius 3 is 2.97 bits per heavy atom. The molecule has 4 rings (SSSR count). The number of nitrogens with zero attached hydrogens (tertiary/aromatic N) is 2. The van der Waals surface area contributed by atoms with E-state index in [9.17, 15) is 4.79 Å². The van der Waals surface area contributed by atoms with Crippen LogP contribution in [0.4, 0.5) is 5.69 Å². The van der Waals surface area contributed by atoms with Crippen LogP contribution >= 0.6 is 11.8 Å². The smallest absolute Gasteiger partial charge is 0.237 e. The van der Waals surface area contributed by atoms with Gasteiger partial charge in [0.25, 0.3) is 0 Å². The van der Waals surface area contributed by atoms with E-state index >= 15 is 0 Å². The van der Waals surface area contributed by atoms with Gasteiger partial charge in [0.1, 0.15) is 12.4 Å². The third-order valence-electron chi connectivity index (χ3n) is 4.26. The van der Waals surface area contributed by atoms with Crippen LogP contribution in [-0.2, 0) is 11.4 Å². The van der Waals surface area contributed by atoms with Crippen molar-refractivity contribution in [2.75, 3.05) is 12.1 Å². The fourth-order valence-corrected chi connectivity index (χ4v) is 3.43. The third-order valence-corrected chi connectivity index (χ3v) is 5.22. The number of aromatic nitrogens is 3. The van der Waals surface area contributed by atoms with Crippen molar-refractivity contribution in [2.45, 2.75) is 30.9 Å². The Labute approximate surface area is 172 Å². The maximum atomic E-state index is 12.5. The number of fused-ring (bicyclic) bond motifs is 1. The molecule has 2 N–H and O–H groups in total. The highest BCUT2D eigenvalue weighted by Crippen LogP contribution is 2.34. The molecule has 3 aromatic rings. The molecule has 2 heterocycles. The van der Waals surface area contributed by atoms with E-state index in [2.05, 4.69) is 20.5 Å². The van der Waals surface area contributed by atoms with Gasteiger partial charge < -0.3 is 19.5 Å². The van der Waals surface area contributed by atoms with E-state index in [1.807, 2.05) is 31.2 Å². The van der Waals surface area contributed by atoms with E-state index < -0.39 is 0 Å². The largest absolute Gasteiger partial charge is 0.485 e. The van der Waals surface area contributed by atoms with Crippen LogP contribution in [0, 0.1) is 6.92 Å². The maximum absolute atomic E-state index is 12.5. The number of anilines is 1. The Morgan fingerprint density at radius 1 is 1.28 bits per heavy atom. The first-order valence-corrected chi connectivity index (χ1v) is 9.93. The van der Waals surface area contributed by atoms with Crippen molar-refractivity contribution in [3.63, 3.8) is 0 Å². The van der Waals surface area contributed by atoms with E-state index in [1.165, 1.54) is 11.8 Å². The average molecular weight is 412 g/mol. The second-order valence-electron chi connectivity index (χ2n) is 6.44. The Morgan fingerprint density at radius 2 is 2.10 bits per heavy atom. The zero-order valence-corrected chi connectivity index (χ0v) is 16.8. The van der Waals surface area contributed by atoms with Gasteiger partial charge in [-0.15, -0.1) is 5.10 Å². The fourth-order valence-electron chi connectivity index (χ4n) is 2.69. The molecule has 0 bridgehead atoms. The first-order valence-electron chi connectivity index (χ1n) is 9.05. The number of amides is 1. The number of aryl methyl sites for hydroxylation is 1. The summed E-state index contributed by atoms with van der Waals surface area (Å²) in [6.45, 7) is 4.25. The Hall–Kier alpha value is -3.20. The van der Waals surface area contributed by atoms with Crippen molar-refractivity contribution in [3.05, 3.63) is 53.9 Å². The van der Waals surface area contributed by atoms with Gasteiger partial charge >= 0.3 is 0 Å². The number of hydrogen-bond acceptors (Lipinski definition) is 7. The second-order valence-corrected chi connectivity index (χ2v) is 7.74. The monoisotopic (exact) mass is 412 g/mol. The van der Waals surface area contributed by atoms with Crippen molar-refractivity contribution < 1.29 is 19.0 Å². The zero-order valence-electron chi connectivity index (χ0n) is 16.0. The van der Waals surface area contributed by atoms with Crippen molar-refractivity contribution in [1.82, 2.24) is 15.2 Å². The van der Waals surface area contributed by atoms with E-state index in [1.54, 1.807) is 25.1 Å². The zero-order chi connectivity index (χ0) is 20.2. The number of hydrogen-bond donors (Lipinski definition) is 2. The molecule has 29 heavy (non-hydrogen) atoms. The summed E-state index contributed by atoms with van der Waals surface area (Å²) >= 11 is 1.27. The summed E-state index contributed by atoms with van der Waals surface area (Å²) in [7, 11) is 0. The second kappa shape index (κ2) is 8.44. The van der Waals surface area contributed by atoms with Gasteiger partial charge in [-0.1, -0.05) is 30.0 Å². The Kier molecular flexibility index (Phi) is 5.57. The lowest BCUT2D eigenvalue weighted by Gasteiger charge is -2.10. The molecule has 150 valence electrons. The molecule has 0 fully saturated rings. The summed E-state index contributed by atoms with van der Waals surface area (Å²) in [5.74, 6) is 2.53. The lowest BCUT2D eigenvalue weighted by atomic mass is 10.2. The van der Waals surface area contributed by atoms with Crippen LogP contribution in [0.15, 0.2) is 47.6 Å². The van der Waals surface area contributed by atoms with Crippen LogP contribution in [0.2, 0.25) is 0 Å². The maximum Gasteiger partial charge on any atom is 0.237 e. The van der Waals surface area contributed by atoms with Gasteiger partial charge in [0.2, 0.25) is 17.9 Å². The van der Waals surface area contributed by atoms with Gasteiger partial charge in [0.15, 0.2) is 17.3 Å². The molecule has 2 aromatic carbocycles. The normalized spacial score (nSPS) is 13.2. The first kappa shape index (κ1) is 19.1. The molecule has 1 aliphatic heterocycles. The van der Waals surface area contributed by atoms with E-state index in [4.69, 9.17) is 14.2 Å². The van der Waals surface area contributed by atoms with Gasteiger partial charge in [-0.25, -0.2) is 4.98 Å². The predicted octanol–water partition coefficient (Wildman–Crippen LogP) is 3.54. The number of rotatable bonds is 7. The third kappa shape index (κ3) is 4.62. The minimum atomic E-state index is -0.388. The van der Waals surface area contributed by atoms with E-state index in [0.717, 1.165) is 11.3 Å². The van der Waals surface area contributed by atoms with Crippen LogP contribution in [0.3, 0.4) is 0 Å². The minimum Gasteiger partial charge on any atom is -0.485 e. The number of ether oxygens (including phenoxy) is 3.